The van der Waals surface area contributed by atoms with Crippen LogP contribution in [0.25, 0.3) is 22.1 Å². The maximum Gasteiger partial charge on any atom is 0.332 e. The third-order valence-electron chi connectivity index (χ3n) is 5.94. The number of furan rings is 1. The van der Waals surface area contributed by atoms with Crippen LogP contribution >= 0.6 is 11.6 Å². The number of fused-ring (bicyclic) bond motifs is 3. The molecule has 0 saturated heterocycles. The average Bonchev–Trinajstić information content (AvgIpc) is 3.26. The highest BCUT2D eigenvalue weighted by atomic mass is 35.5. The van der Waals surface area contributed by atoms with Crippen molar-refractivity contribution in [2.45, 2.75) is 26.1 Å². The number of halogens is 1. The van der Waals surface area contributed by atoms with Crippen molar-refractivity contribution in [1.29, 1.82) is 0 Å². The smallest absolute Gasteiger partial charge is 0.332 e. The van der Waals surface area contributed by atoms with E-state index in [0.717, 1.165) is 15.7 Å². The Morgan fingerprint density at radius 2 is 1.60 bits per heavy atom. The molecule has 0 spiro atoms. The van der Waals surface area contributed by atoms with Gasteiger partial charge in [-0.1, -0.05) is 72.3 Å². The van der Waals surface area contributed by atoms with E-state index in [2.05, 4.69) is 5.32 Å². The number of carbonyl (C=O) groups is 1. The van der Waals surface area contributed by atoms with Crippen LogP contribution in [-0.2, 0) is 30.8 Å². The Hall–Kier alpha value is -4.10. The highest BCUT2D eigenvalue weighted by Crippen LogP contribution is 2.25. The molecular formula is C27H22ClN3O4. The fourth-order valence-corrected chi connectivity index (χ4v) is 4.36. The predicted molar refractivity (Wildman–Crippen MR) is 136 cm³/mol. The Morgan fingerprint density at radius 1 is 0.886 bits per heavy atom. The van der Waals surface area contributed by atoms with Crippen LogP contribution in [0.4, 0.5) is 0 Å². The molecule has 2 heterocycles. The fourth-order valence-electron chi connectivity index (χ4n) is 4.16. The van der Waals surface area contributed by atoms with Gasteiger partial charge in [0, 0.05) is 23.5 Å². The average molecular weight is 488 g/mol. The molecule has 1 amide bonds. The first kappa shape index (κ1) is 22.7. The van der Waals surface area contributed by atoms with Crippen LogP contribution in [0, 0.1) is 0 Å². The van der Waals surface area contributed by atoms with E-state index in [9.17, 15) is 14.4 Å². The Morgan fingerprint density at radius 3 is 2.40 bits per heavy atom. The number of nitrogens with zero attached hydrogens (tertiary/aromatic N) is 2. The number of carbonyl (C=O) groups excluding carboxylic acids is 1. The van der Waals surface area contributed by atoms with Crippen LogP contribution < -0.4 is 16.6 Å². The summed E-state index contributed by atoms with van der Waals surface area (Å²) >= 11 is 6.19. The maximum absolute atomic E-state index is 13.5. The zero-order chi connectivity index (χ0) is 24.4. The summed E-state index contributed by atoms with van der Waals surface area (Å²) in [7, 11) is 0. The van der Waals surface area contributed by atoms with Gasteiger partial charge in [-0.05, 0) is 35.7 Å². The Bertz CT molecular complexity index is 1650. The lowest BCUT2D eigenvalue weighted by Crippen LogP contribution is -2.42. The van der Waals surface area contributed by atoms with Crippen molar-refractivity contribution in [1.82, 2.24) is 14.5 Å². The van der Waals surface area contributed by atoms with Crippen LogP contribution in [0.1, 0.15) is 11.1 Å². The first-order valence-electron chi connectivity index (χ1n) is 11.2. The minimum absolute atomic E-state index is 0.0535. The number of aryl methyl sites for hydroxylation is 1. The summed E-state index contributed by atoms with van der Waals surface area (Å²) in [5.74, 6) is -0.383. The molecule has 0 radical (unpaired) electrons. The topological polar surface area (TPSA) is 86.2 Å². The second-order valence-electron chi connectivity index (χ2n) is 8.21. The number of rotatable bonds is 7. The highest BCUT2D eigenvalue weighted by molar-refractivity contribution is 6.31. The van der Waals surface area contributed by atoms with E-state index in [1.807, 2.05) is 48.5 Å². The van der Waals surface area contributed by atoms with E-state index in [1.165, 1.54) is 4.57 Å². The molecule has 5 rings (SSSR count). The molecule has 2 aromatic heterocycles. The number of nitrogens with one attached hydrogen (secondary N) is 1. The summed E-state index contributed by atoms with van der Waals surface area (Å²) in [6.45, 7) is 0.112. The number of amides is 1. The van der Waals surface area contributed by atoms with Crippen molar-refractivity contribution in [3.05, 3.63) is 116 Å². The van der Waals surface area contributed by atoms with E-state index in [1.54, 1.807) is 30.3 Å². The largest absolute Gasteiger partial charge is 0.449 e. The second kappa shape index (κ2) is 9.64. The van der Waals surface area contributed by atoms with Gasteiger partial charge in [0.25, 0.3) is 5.56 Å². The quantitative estimate of drug-likeness (QED) is 0.374. The van der Waals surface area contributed by atoms with Gasteiger partial charge in [0.2, 0.25) is 11.5 Å². The van der Waals surface area contributed by atoms with E-state index in [4.69, 9.17) is 16.0 Å². The summed E-state index contributed by atoms with van der Waals surface area (Å²) in [6.07, 6.45) is 0.487. The van der Waals surface area contributed by atoms with E-state index < -0.39 is 11.2 Å². The number of aromatic nitrogens is 2. The van der Waals surface area contributed by atoms with E-state index >= 15 is 0 Å². The Balaban J connectivity index is 1.54. The molecule has 0 saturated carbocycles. The molecule has 3 aromatic carbocycles. The minimum atomic E-state index is -0.558. The molecule has 35 heavy (non-hydrogen) atoms. The highest BCUT2D eigenvalue weighted by Gasteiger charge is 2.21. The second-order valence-corrected chi connectivity index (χ2v) is 8.61. The molecule has 176 valence electrons. The van der Waals surface area contributed by atoms with Crippen LogP contribution in [0.15, 0.2) is 92.9 Å². The van der Waals surface area contributed by atoms with Crippen molar-refractivity contribution < 1.29 is 9.21 Å². The standard InChI is InChI=1S/C27H22ClN3O4/c28-21-12-6-4-10-19(21)16-29-23(32)17-31-24-20-11-5-7-13-22(20)35-25(24)26(33)30(27(31)34)15-14-18-8-2-1-3-9-18/h1-13H,14-17H2,(H,29,32). The summed E-state index contributed by atoms with van der Waals surface area (Å²) in [5.41, 5.74) is 1.54. The number of hydrogen-bond donors (Lipinski definition) is 1. The van der Waals surface area contributed by atoms with Crippen LogP contribution in [-0.4, -0.2) is 15.0 Å². The lowest BCUT2D eigenvalue weighted by atomic mass is 10.1. The molecule has 0 unspecified atom stereocenters. The number of para-hydroxylation sites is 1. The van der Waals surface area contributed by atoms with E-state index in [0.29, 0.717) is 27.9 Å². The van der Waals surface area contributed by atoms with Crippen LogP contribution in [0.3, 0.4) is 0 Å². The molecule has 0 atom stereocenters. The third-order valence-corrected chi connectivity index (χ3v) is 6.31. The van der Waals surface area contributed by atoms with Crippen molar-refractivity contribution >= 4 is 39.6 Å². The van der Waals surface area contributed by atoms with Gasteiger partial charge in [0.05, 0.1) is 0 Å². The van der Waals surface area contributed by atoms with Gasteiger partial charge in [-0.15, -0.1) is 0 Å². The predicted octanol–water partition coefficient (Wildman–Crippen LogP) is 4.12. The molecule has 0 aliphatic rings. The molecule has 8 heteroatoms. The van der Waals surface area contributed by atoms with Gasteiger partial charge in [0.15, 0.2) is 0 Å². The van der Waals surface area contributed by atoms with Gasteiger partial charge in [-0.2, -0.15) is 0 Å². The summed E-state index contributed by atoms with van der Waals surface area (Å²) in [5, 5.41) is 3.96. The SMILES string of the molecule is O=C(Cn1c(=O)n(CCc2ccccc2)c(=O)c2oc3ccccc3c21)NCc1ccccc1Cl. The van der Waals surface area contributed by atoms with Gasteiger partial charge >= 0.3 is 5.69 Å². The zero-order valence-corrected chi connectivity index (χ0v) is 19.5. The van der Waals surface area contributed by atoms with Crippen molar-refractivity contribution in [2.75, 3.05) is 0 Å². The van der Waals surface area contributed by atoms with E-state index in [-0.39, 0.29) is 31.1 Å². The van der Waals surface area contributed by atoms with Crippen LogP contribution in [0.2, 0.25) is 5.02 Å². The molecule has 5 aromatic rings. The summed E-state index contributed by atoms with van der Waals surface area (Å²) in [4.78, 5) is 39.7. The van der Waals surface area contributed by atoms with Gasteiger partial charge in [0.1, 0.15) is 17.6 Å². The van der Waals surface area contributed by atoms with Crippen molar-refractivity contribution in [3.8, 4) is 0 Å². The first-order chi connectivity index (χ1) is 17.0. The number of benzene rings is 3. The van der Waals surface area contributed by atoms with Crippen molar-refractivity contribution in [3.63, 3.8) is 0 Å². The van der Waals surface area contributed by atoms with Crippen LogP contribution in [0.5, 0.6) is 0 Å². The lowest BCUT2D eigenvalue weighted by molar-refractivity contribution is -0.121. The zero-order valence-electron chi connectivity index (χ0n) is 18.7. The Labute approximate surface area is 205 Å². The molecule has 0 fully saturated rings. The molecule has 7 nitrogen and oxygen atoms in total. The maximum atomic E-state index is 13.5. The lowest BCUT2D eigenvalue weighted by Gasteiger charge is -2.13. The Kier molecular flexibility index (Phi) is 6.25. The summed E-state index contributed by atoms with van der Waals surface area (Å²) in [6, 6.07) is 23.9. The first-order valence-corrected chi connectivity index (χ1v) is 11.6. The van der Waals surface area contributed by atoms with Gasteiger partial charge in [-0.3, -0.25) is 18.7 Å². The fraction of sp³-hybridized carbons (Fsp3) is 0.148. The number of hydrogen-bond acceptors (Lipinski definition) is 4. The molecule has 0 aliphatic carbocycles. The third kappa shape index (κ3) is 4.50. The normalized spacial score (nSPS) is 11.2. The van der Waals surface area contributed by atoms with Gasteiger partial charge in [-0.25, -0.2) is 4.79 Å². The summed E-state index contributed by atoms with van der Waals surface area (Å²) < 4.78 is 8.31. The molecular weight excluding hydrogens is 466 g/mol. The molecule has 1 N–H and O–H groups in total. The monoisotopic (exact) mass is 487 g/mol. The van der Waals surface area contributed by atoms with Gasteiger partial charge < -0.3 is 9.73 Å². The minimum Gasteiger partial charge on any atom is -0.449 e. The molecule has 0 bridgehead atoms. The van der Waals surface area contributed by atoms with Crippen molar-refractivity contribution in [2.24, 2.45) is 0 Å². The molecule has 0 aliphatic heterocycles.